The van der Waals surface area contributed by atoms with Crippen LogP contribution in [-0.2, 0) is 16.5 Å². The number of nitrogens with zero attached hydrogens (tertiary/aromatic N) is 4. The molecule has 0 bridgehead atoms. The molecular weight excluding hydrogens is 415 g/mol. The smallest absolute Gasteiger partial charge is 0.0706 e. The number of hydrogen-bond acceptors (Lipinski definition) is 6. The van der Waals surface area contributed by atoms with Crippen molar-refractivity contribution in [2.75, 3.05) is 26.2 Å². The second kappa shape index (κ2) is 16.4. The van der Waals surface area contributed by atoms with E-state index in [0.717, 1.165) is 31.0 Å². The van der Waals surface area contributed by atoms with Crippen LogP contribution >= 0.6 is 0 Å². The van der Waals surface area contributed by atoms with Crippen LogP contribution in [0.5, 0.6) is 0 Å². The maximum absolute atomic E-state index is 8.57. The first-order chi connectivity index (χ1) is 13.5. The molecule has 1 saturated heterocycles. The molecule has 29 heavy (non-hydrogen) atoms. The van der Waals surface area contributed by atoms with Crippen molar-refractivity contribution in [3.63, 3.8) is 0 Å². The fourth-order valence-corrected chi connectivity index (χ4v) is 2.64. The zero-order chi connectivity index (χ0) is 20.8. The molecule has 4 N–H and O–H groups in total. The van der Waals surface area contributed by atoms with Gasteiger partial charge in [0.15, 0.2) is 0 Å². The van der Waals surface area contributed by atoms with Gasteiger partial charge < -0.3 is 31.7 Å². The Hall–Kier alpha value is -1.41. The zero-order valence-corrected chi connectivity index (χ0v) is 18.9. The van der Waals surface area contributed by atoms with E-state index in [2.05, 4.69) is 31.6 Å². The van der Waals surface area contributed by atoms with Crippen LogP contribution in [0.2, 0.25) is 0 Å². The topological polar surface area (TPSA) is 117 Å². The Balaban J connectivity index is 0.000000523. The van der Waals surface area contributed by atoms with Crippen LogP contribution < -0.4 is 10.6 Å². The maximum Gasteiger partial charge on any atom is 0.0706 e. The molecule has 3 atom stereocenters. The van der Waals surface area contributed by atoms with Gasteiger partial charge in [-0.05, 0) is 34.2 Å². The Kier molecular flexibility index (Phi) is 15.6. The summed E-state index contributed by atoms with van der Waals surface area (Å²) in [5, 5.41) is 38.8. The Morgan fingerprint density at radius 2 is 1.79 bits per heavy atom. The minimum Gasteiger partial charge on any atom is -0.684 e. The van der Waals surface area contributed by atoms with E-state index < -0.39 is 0 Å². The molecular formula is C20H36N6NiO2-2. The molecule has 170 valence electrons. The first kappa shape index (κ1) is 27.6. The van der Waals surface area contributed by atoms with Crippen LogP contribution in [0.25, 0.3) is 10.6 Å². The van der Waals surface area contributed by atoms with Gasteiger partial charge in [0.25, 0.3) is 0 Å². The van der Waals surface area contributed by atoms with Gasteiger partial charge in [0.2, 0.25) is 0 Å². The number of nitrogens with one attached hydrogen (secondary N) is 2. The van der Waals surface area contributed by atoms with Crippen LogP contribution in [0.3, 0.4) is 0 Å². The summed E-state index contributed by atoms with van der Waals surface area (Å²) in [5.74, 6) is 0. The average Bonchev–Trinajstić information content (AvgIpc) is 2.76. The van der Waals surface area contributed by atoms with Gasteiger partial charge >= 0.3 is 0 Å². The third kappa shape index (κ3) is 12.0. The van der Waals surface area contributed by atoms with Gasteiger partial charge in [-0.2, -0.15) is 0 Å². The molecule has 0 amide bonds. The molecule has 0 radical (unpaired) electrons. The van der Waals surface area contributed by atoms with Crippen molar-refractivity contribution in [2.24, 2.45) is 10.3 Å². The van der Waals surface area contributed by atoms with Crippen molar-refractivity contribution in [3.05, 3.63) is 34.6 Å². The summed E-state index contributed by atoms with van der Waals surface area (Å²) in [6.45, 7) is 10.9. The first-order valence-corrected chi connectivity index (χ1v) is 10.0. The summed E-state index contributed by atoms with van der Waals surface area (Å²) in [6.07, 6.45) is 9.71. The summed E-state index contributed by atoms with van der Waals surface area (Å²) in [4.78, 5) is 0. The van der Waals surface area contributed by atoms with E-state index >= 15 is 0 Å². The summed E-state index contributed by atoms with van der Waals surface area (Å²) in [7, 11) is 0. The third-order valence-electron chi connectivity index (χ3n) is 4.98. The van der Waals surface area contributed by atoms with Crippen molar-refractivity contribution < 1.29 is 26.9 Å². The molecule has 2 heterocycles. The summed E-state index contributed by atoms with van der Waals surface area (Å²) in [6, 6.07) is 0.664. The second-order valence-corrected chi connectivity index (χ2v) is 7.20. The summed E-state index contributed by atoms with van der Waals surface area (Å²) in [5.41, 5.74) is 2.43. The maximum atomic E-state index is 8.57. The number of oxime groups is 2. The first-order valence-electron chi connectivity index (χ1n) is 10.0. The quantitative estimate of drug-likeness (QED) is 0.196. The molecule has 2 aliphatic rings. The van der Waals surface area contributed by atoms with Gasteiger partial charge in [0, 0.05) is 35.1 Å². The van der Waals surface area contributed by atoms with Crippen LogP contribution in [-0.4, -0.2) is 66.1 Å². The molecule has 0 aromatic carbocycles. The third-order valence-corrected chi connectivity index (χ3v) is 4.98. The molecule has 0 aromatic heterocycles. The fourth-order valence-electron chi connectivity index (χ4n) is 2.64. The van der Waals surface area contributed by atoms with Crippen LogP contribution in [0.15, 0.2) is 34.2 Å². The largest absolute Gasteiger partial charge is 0.684 e. The van der Waals surface area contributed by atoms with Gasteiger partial charge in [-0.25, -0.2) is 0 Å². The van der Waals surface area contributed by atoms with E-state index in [0.29, 0.717) is 18.3 Å². The van der Waals surface area contributed by atoms with Crippen LogP contribution in [0.4, 0.5) is 0 Å². The van der Waals surface area contributed by atoms with Gasteiger partial charge in [-0.3, -0.25) is 0 Å². The standard InChI is InChI=1S/C10H20N3O.C10H16N3O.Ni/c2*1-8(9(2)13-14)12-7-10-5-3-4-6-11-10;/h8,10,12,14H,3-7H2,1-2H3;3-5,8,12,14H,6-7H2,1-2H3;/q2*-1;. The van der Waals surface area contributed by atoms with Crippen LogP contribution in [0, 0.1) is 0 Å². The predicted octanol–water partition coefficient (Wildman–Crippen LogP) is 3.38. The van der Waals surface area contributed by atoms with Gasteiger partial charge in [-0.1, -0.05) is 41.7 Å². The Morgan fingerprint density at radius 1 is 1.14 bits per heavy atom. The van der Waals surface area contributed by atoms with E-state index in [4.69, 9.17) is 10.4 Å². The van der Waals surface area contributed by atoms with Crippen molar-refractivity contribution >= 4 is 11.4 Å². The molecule has 0 aliphatic carbocycles. The molecule has 1 fully saturated rings. The van der Waals surface area contributed by atoms with E-state index in [1.807, 2.05) is 39.0 Å². The minimum absolute atomic E-state index is 0. The zero-order valence-electron chi connectivity index (χ0n) is 17.9. The van der Waals surface area contributed by atoms with E-state index in [1.54, 1.807) is 6.92 Å². The molecule has 2 aliphatic heterocycles. The van der Waals surface area contributed by atoms with E-state index in [1.165, 1.54) is 19.3 Å². The number of allylic oxidation sites excluding steroid dienone is 2. The van der Waals surface area contributed by atoms with Crippen molar-refractivity contribution in [2.45, 2.75) is 65.1 Å². The molecule has 3 unspecified atom stereocenters. The van der Waals surface area contributed by atoms with E-state index in [9.17, 15) is 0 Å². The molecule has 2 rings (SSSR count). The average molecular weight is 451 g/mol. The molecule has 0 spiro atoms. The Bertz CT molecular complexity index is 559. The Labute approximate surface area is 185 Å². The normalized spacial score (nSPS) is 21.7. The minimum atomic E-state index is 0. The molecule has 8 nitrogen and oxygen atoms in total. The van der Waals surface area contributed by atoms with Crippen LogP contribution in [0.1, 0.15) is 47.0 Å². The fraction of sp³-hybridized carbons (Fsp3) is 0.700. The predicted molar refractivity (Wildman–Crippen MR) is 116 cm³/mol. The van der Waals surface area contributed by atoms with Crippen molar-refractivity contribution in [1.82, 2.24) is 10.6 Å². The van der Waals surface area contributed by atoms with Gasteiger partial charge in [0.1, 0.15) is 0 Å². The molecule has 9 heteroatoms. The second-order valence-electron chi connectivity index (χ2n) is 7.20. The summed E-state index contributed by atoms with van der Waals surface area (Å²) >= 11 is 0. The molecule has 0 saturated carbocycles. The Morgan fingerprint density at radius 3 is 2.31 bits per heavy atom. The van der Waals surface area contributed by atoms with E-state index in [-0.39, 0.29) is 28.6 Å². The van der Waals surface area contributed by atoms with Gasteiger partial charge in [0.05, 0.1) is 11.4 Å². The summed E-state index contributed by atoms with van der Waals surface area (Å²) < 4.78 is 0. The monoisotopic (exact) mass is 450 g/mol. The van der Waals surface area contributed by atoms with Crippen molar-refractivity contribution in [3.8, 4) is 0 Å². The molecule has 0 aromatic rings. The number of hydrogen-bond donors (Lipinski definition) is 4. The SMILES string of the molecule is CC(=NO)C(C)NCC1=CC=CC[N-]1.CC(=NO)C(C)NCC1CCCC[N-]1.[Ni]. The number of piperidine rings is 1. The number of rotatable bonds is 8. The van der Waals surface area contributed by atoms with Crippen molar-refractivity contribution in [1.29, 1.82) is 0 Å². The van der Waals surface area contributed by atoms with Gasteiger partial charge in [-0.15, -0.1) is 30.9 Å².